The second kappa shape index (κ2) is 5.74. The molecule has 1 aliphatic rings. The molecule has 0 saturated carbocycles. The lowest BCUT2D eigenvalue weighted by molar-refractivity contribution is -0.139. The highest BCUT2D eigenvalue weighted by atomic mass is 79.9. The van der Waals surface area contributed by atoms with Gasteiger partial charge in [0.05, 0.1) is 24.7 Å². The molecular weight excluding hydrogens is 335 g/mol. The van der Waals surface area contributed by atoms with Crippen LogP contribution in [0.2, 0.25) is 0 Å². The summed E-state index contributed by atoms with van der Waals surface area (Å²) in [5.41, 5.74) is 1.07. The Balaban J connectivity index is 2.20. The molecule has 0 N–H and O–H groups in total. The Labute approximate surface area is 134 Å². The molecule has 2 rings (SSSR count). The molecule has 0 aromatic heterocycles. The third-order valence-corrected chi connectivity index (χ3v) is 4.90. The van der Waals surface area contributed by atoms with Gasteiger partial charge in [-0.1, -0.05) is 28.1 Å². The zero-order chi connectivity index (χ0) is 15.8. The van der Waals surface area contributed by atoms with Crippen molar-refractivity contribution in [1.29, 1.82) is 0 Å². The molecule has 0 bridgehead atoms. The summed E-state index contributed by atoms with van der Waals surface area (Å²) in [7, 11) is 0.980. The van der Waals surface area contributed by atoms with Crippen LogP contribution in [0.1, 0.15) is 33.3 Å². The molecule has 114 valence electrons. The van der Waals surface area contributed by atoms with Crippen molar-refractivity contribution in [2.75, 3.05) is 7.11 Å². The van der Waals surface area contributed by atoms with Crippen molar-refractivity contribution >= 4 is 34.5 Å². The van der Waals surface area contributed by atoms with Gasteiger partial charge in [0, 0.05) is 4.47 Å². The van der Waals surface area contributed by atoms with Crippen LogP contribution >= 0.6 is 15.9 Å². The second-order valence-corrected chi connectivity index (χ2v) is 7.05. The fraction of sp³-hybridized carbons (Fsp3) is 0.533. The van der Waals surface area contributed by atoms with Gasteiger partial charge >= 0.3 is 13.1 Å². The quantitative estimate of drug-likeness (QED) is 0.617. The van der Waals surface area contributed by atoms with E-state index >= 15 is 0 Å². The molecule has 0 spiro atoms. The van der Waals surface area contributed by atoms with Crippen molar-refractivity contribution in [3.8, 4) is 0 Å². The van der Waals surface area contributed by atoms with Crippen LogP contribution < -0.4 is 5.46 Å². The fourth-order valence-corrected chi connectivity index (χ4v) is 2.60. The van der Waals surface area contributed by atoms with Gasteiger partial charge in [0.2, 0.25) is 0 Å². The van der Waals surface area contributed by atoms with Crippen LogP contribution in [0.4, 0.5) is 0 Å². The number of ether oxygens (including phenoxy) is 1. The molecule has 0 radical (unpaired) electrons. The molecule has 1 fully saturated rings. The molecule has 4 nitrogen and oxygen atoms in total. The second-order valence-electron chi connectivity index (χ2n) is 6.19. The van der Waals surface area contributed by atoms with Crippen molar-refractivity contribution < 1.29 is 18.8 Å². The van der Waals surface area contributed by atoms with Crippen molar-refractivity contribution in [3.05, 3.63) is 28.2 Å². The summed E-state index contributed by atoms with van der Waals surface area (Å²) < 4.78 is 17.6. The molecule has 0 aliphatic carbocycles. The van der Waals surface area contributed by atoms with Gasteiger partial charge in [0.15, 0.2) is 0 Å². The maximum atomic E-state index is 11.4. The topological polar surface area (TPSA) is 44.8 Å². The largest absolute Gasteiger partial charge is 0.494 e. The van der Waals surface area contributed by atoms with E-state index < -0.39 is 7.12 Å². The van der Waals surface area contributed by atoms with Crippen molar-refractivity contribution in [2.24, 2.45) is 0 Å². The smallest absolute Gasteiger partial charge is 0.469 e. The molecule has 0 atom stereocenters. The minimum atomic E-state index is -0.404. The zero-order valence-electron chi connectivity index (χ0n) is 13.0. The number of methoxy groups -OCH3 is 1. The SMILES string of the molecule is COC(=O)Cc1ccc(B2OC(C)(C)C(C)(C)O2)cc1Br. The Morgan fingerprint density at radius 1 is 1.24 bits per heavy atom. The normalized spacial score (nSPS) is 19.6. The Kier molecular flexibility index (Phi) is 4.52. The van der Waals surface area contributed by atoms with Crippen LogP contribution in [0.5, 0.6) is 0 Å². The van der Waals surface area contributed by atoms with Crippen molar-refractivity contribution in [2.45, 2.75) is 45.3 Å². The van der Waals surface area contributed by atoms with Gasteiger partial charge in [0.1, 0.15) is 0 Å². The van der Waals surface area contributed by atoms with Gasteiger partial charge in [-0.15, -0.1) is 0 Å². The van der Waals surface area contributed by atoms with Crippen LogP contribution in [0.15, 0.2) is 22.7 Å². The van der Waals surface area contributed by atoms with E-state index in [1.807, 2.05) is 45.9 Å². The first-order valence-corrected chi connectivity index (χ1v) is 7.66. The number of halogens is 1. The van der Waals surface area contributed by atoms with Crippen LogP contribution in [0, 0.1) is 0 Å². The van der Waals surface area contributed by atoms with Gasteiger partial charge in [-0.05, 0) is 44.8 Å². The lowest BCUT2D eigenvalue weighted by Gasteiger charge is -2.32. The first-order chi connectivity index (χ1) is 9.66. The number of hydrogen-bond donors (Lipinski definition) is 0. The predicted octanol–water partition coefficient (Wildman–Crippen LogP) is 2.46. The standard InChI is InChI=1S/C15H20BBrO4/c1-14(2)15(3,4)21-16(20-14)11-7-6-10(12(17)9-11)8-13(18)19-5/h6-7,9H,8H2,1-5H3. The van der Waals surface area contributed by atoms with E-state index in [4.69, 9.17) is 9.31 Å². The predicted molar refractivity (Wildman–Crippen MR) is 85.6 cm³/mol. The molecule has 21 heavy (non-hydrogen) atoms. The minimum Gasteiger partial charge on any atom is -0.469 e. The van der Waals surface area contributed by atoms with E-state index in [2.05, 4.69) is 20.7 Å². The number of carbonyl (C=O) groups is 1. The zero-order valence-corrected chi connectivity index (χ0v) is 14.6. The van der Waals surface area contributed by atoms with Gasteiger partial charge in [-0.25, -0.2) is 0 Å². The Bertz CT molecular complexity index is 541. The molecular formula is C15H20BBrO4. The highest BCUT2D eigenvalue weighted by Gasteiger charge is 2.51. The Morgan fingerprint density at radius 2 is 1.81 bits per heavy atom. The molecule has 0 unspecified atom stereocenters. The Morgan fingerprint density at radius 3 is 2.29 bits per heavy atom. The van der Waals surface area contributed by atoms with Crippen molar-refractivity contribution in [1.82, 2.24) is 0 Å². The molecule has 1 aromatic carbocycles. The van der Waals surface area contributed by atoms with Crippen LogP contribution in [-0.2, 0) is 25.3 Å². The molecule has 6 heteroatoms. The third-order valence-electron chi connectivity index (χ3n) is 4.16. The van der Waals surface area contributed by atoms with E-state index in [-0.39, 0.29) is 23.6 Å². The maximum absolute atomic E-state index is 11.4. The summed E-state index contributed by atoms with van der Waals surface area (Å²) in [5.74, 6) is -0.265. The first kappa shape index (κ1) is 16.5. The lowest BCUT2D eigenvalue weighted by Crippen LogP contribution is -2.41. The average molecular weight is 355 g/mol. The lowest BCUT2D eigenvalue weighted by atomic mass is 9.79. The van der Waals surface area contributed by atoms with Crippen LogP contribution in [-0.4, -0.2) is 31.4 Å². The number of hydrogen-bond acceptors (Lipinski definition) is 4. The van der Waals surface area contributed by atoms with E-state index in [1.165, 1.54) is 7.11 Å². The van der Waals surface area contributed by atoms with E-state index in [0.29, 0.717) is 0 Å². The highest BCUT2D eigenvalue weighted by molar-refractivity contribution is 9.10. The number of benzene rings is 1. The number of carbonyl (C=O) groups excluding carboxylic acids is 1. The van der Waals surface area contributed by atoms with E-state index in [0.717, 1.165) is 15.5 Å². The summed E-state index contributed by atoms with van der Waals surface area (Å²) in [6.45, 7) is 8.09. The molecule has 1 heterocycles. The first-order valence-electron chi connectivity index (χ1n) is 6.87. The summed E-state index contributed by atoms with van der Waals surface area (Å²) in [4.78, 5) is 11.4. The number of esters is 1. The molecule has 1 aromatic rings. The summed E-state index contributed by atoms with van der Waals surface area (Å²) in [6, 6.07) is 5.74. The van der Waals surface area contributed by atoms with Gasteiger partial charge in [0.25, 0.3) is 0 Å². The number of rotatable bonds is 3. The maximum Gasteiger partial charge on any atom is 0.494 e. The highest BCUT2D eigenvalue weighted by Crippen LogP contribution is 2.36. The van der Waals surface area contributed by atoms with E-state index in [9.17, 15) is 4.79 Å². The van der Waals surface area contributed by atoms with Gasteiger partial charge in [-0.3, -0.25) is 4.79 Å². The van der Waals surface area contributed by atoms with Crippen molar-refractivity contribution in [3.63, 3.8) is 0 Å². The van der Waals surface area contributed by atoms with Crippen LogP contribution in [0.25, 0.3) is 0 Å². The minimum absolute atomic E-state index is 0.237. The fourth-order valence-electron chi connectivity index (χ4n) is 2.06. The molecule has 0 amide bonds. The van der Waals surface area contributed by atoms with Gasteiger partial charge < -0.3 is 14.0 Å². The molecule has 1 aliphatic heterocycles. The Hall–Kier alpha value is -0.845. The van der Waals surface area contributed by atoms with Crippen LogP contribution in [0.3, 0.4) is 0 Å². The third kappa shape index (κ3) is 3.33. The van der Waals surface area contributed by atoms with Gasteiger partial charge in [-0.2, -0.15) is 0 Å². The summed E-state index contributed by atoms with van der Waals surface area (Å²) in [6.07, 6.45) is 0.237. The average Bonchev–Trinajstić information content (AvgIpc) is 2.60. The van der Waals surface area contributed by atoms with E-state index in [1.54, 1.807) is 0 Å². The monoisotopic (exact) mass is 354 g/mol. The molecule has 1 saturated heterocycles. The summed E-state index contributed by atoms with van der Waals surface area (Å²) in [5, 5.41) is 0. The summed E-state index contributed by atoms with van der Waals surface area (Å²) >= 11 is 3.49.